The second-order valence-corrected chi connectivity index (χ2v) is 3.67. The number of carbonyl (C=O) groups excluding carboxylic acids is 1. The Morgan fingerprint density at radius 3 is 2.71 bits per heavy atom. The number of likely N-dealkylation sites (N-methyl/N-ethyl adjacent to an activating group) is 1. The number of piperazine rings is 1. The van der Waals surface area contributed by atoms with Crippen molar-refractivity contribution in [2.24, 2.45) is 0 Å². The Morgan fingerprint density at radius 2 is 2.21 bits per heavy atom. The van der Waals surface area contributed by atoms with Crippen LogP contribution in [0.4, 0.5) is 0 Å². The summed E-state index contributed by atoms with van der Waals surface area (Å²) in [7, 11) is 2.03. The van der Waals surface area contributed by atoms with Gasteiger partial charge in [-0.15, -0.1) is 0 Å². The van der Waals surface area contributed by atoms with E-state index >= 15 is 0 Å². The summed E-state index contributed by atoms with van der Waals surface area (Å²) in [6.45, 7) is 7.70. The summed E-state index contributed by atoms with van der Waals surface area (Å²) in [5, 5.41) is 8.55. The van der Waals surface area contributed by atoms with E-state index in [4.69, 9.17) is 5.26 Å². The summed E-state index contributed by atoms with van der Waals surface area (Å²) in [6, 6.07) is 2.14. The van der Waals surface area contributed by atoms with E-state index in [0.717, 1.165) is 6.54 Å². The van der Waals surface area contributed by atoms with E-state index in [1.807, 2.05) is 7.05 Å². The third-order valence-corrected chi connectivity index (χ3v) is 2.64. The maximum atomic E-state index is 11.6. The highest BCUT2D eigenvalue weighted by Crippen LogP contribution is 2.09. The van der Waals surface area contributed by atoms with Crippen LogP contribution >= 0.6 is 0 Å². The highest BCUT2D eigenvalue weighted by molar-refractivity contribution is 5.96. The van der Waals surface area contributed by atoms with Crippen molar-refractivity contribution in [3.8, 4) is 6.07 Å². The Labute approximate surface area is 84.4 Å². The molecule has 0 aromatic heterocycles. The standard InChI is InChI=1S/C10H15N3O/c1-8(6-11)10(14)13-5-4-12(3)9(2)7-13/h9H,1,4-5,7H2,2-3H3/t9-/m0/s1. The first-order valence-electron chi connectivity index (χ1n) is 4.64. The minimum absolute atomic E-state index is 0.0294. The molecule has 0 radical (unpaired) electrons. The lowest BCUT2D eigenvalue weighted by molar-refractivity contribution is -0.129. The number of hydrogen-bond acceptors (Lipinski definition) is 3. The molecule has 0 N–H and O–H groups in total. The molecule has 0 bridgehead atoms. The maximum Gasteiger partial charge on any atom is 0.263 e. The Morgan fingerprint density at radius 1 is 1.57 bits per heavy atom. The molecule has 1 rings (SSSR count). The van der Waals surface area contributed by atoms with Crippen LogP contribution in [-0.2, 0) is 4.79 Å². The van der Waals surface area contributed by atoms with Crippen molar-refractivity contribution >= 4 is 5.91 Å². The molecule has 14 heavy (non-hydrogen) atoms. The fourth-order valence-electron chi connectivity index (χ4n) is 1.47. The van der Waals surface area contributed by atoms with Crippen molar-refractivity contribution in [3.05, 3.63) is 12.2 Å². The van der Waals surface area contributed by atoms with Gasteiger partial charge in [-0.3, -0.25) is 4.79 Å². The summed E-state index contributed by atoms with van der Waals surface area (Å²) in [4.78, 5) is 15.5. The Kier molecular flexibility index (Phi) is 3.26. The van der Waals surface area contributed by atoms with Gasteiger partial charge in [0, 0.05) is 25.7 Å². The molecule has 1 atom stereocenters. The van der Waals surface area contributed by atoms with E-state index in [2.05, 4.69) is 18.4 Å². The lowest BCUT2D eigenvalue weighted by Crippen LogP contribution is -2.52. The first-order valence-corrected chi connectivity index (χ1v) is 4.64. The van der Waals surface area contributed by atoms with Gasteiger partial charge in [0.1, 0.15) is 11.6 Å². The quantitative estimate of drug-likeness (QED) is 0.442. The van der Waals surface area contributed by atoms with E-state index in [-0.39, 0.29) is 11.5 Å². The molecule has 0 unspecified atom stereocenters. The number of nitrogens with zero attached hydrogens (tertiary/aromatic N) is 3. The van der Waals surface area contributed by atoms with Crippen LogP contribution in [0.2, 0.25) is 0 Å². The lowest BCUT2D eigenvalue weighted by atomic mass is 10.2. The summed E-state index contributed by atoms with van der Waals surface area (Å²) in [5.41, 5.74) is 0.0294. The smallest absolute Gasteiger partial charge is 0.263 e. The molecular weight excluding hydrogens is 178 g/mol. The molecule has 4 nitrogen and oxygen atoms in total. The van der Waals surface area contributed by atoms with Crippen LogP contribution in [0.1, 0.15) is 6.92 Å². The number of amides is 1. The van der Waals surface area contributed by atoms with Gasteiger partial charge in [0.15, 0.2) is 0 Å². The van der Waals surface area contributed by atoms with Crippen LogP contribution in [0, 0.1) is 11.3 Å². The zero-order valence-corrected chi connectivity index (χ0v) is 8.66. The fourth-order valence-corrected chi connectivity index (χ4v) is 1.47. The van der Waals surface area contributed by atoms with Gasteiger partial charge >= 0.3 is 0 Å². The van der Waals surface area contributed by atoms with Crippen molar-refractivity contribution in [2.45, 2.75) is 13.0 Å². The molecule has 1 saturated heterocycles. The summed E-state index contributed by atoms with van der Waals surface area (Å²) in [5.74, 6) is -0.229. The molecule has 0 aromatic carbocycles. The van der Waals surface area contributed by atoms with E-state index in [1.54, 1.807) is 11.0 Å². The summed E-state index contributed by atoms with van der Waals surface area (Å²) < 4.78 is 0. The van der Waals surface area contributed by atoms with Gasteiger partial charge in [-0.1, -0.05) is 6.58 Å². The second-order valence-electron chi connectivity index (χ2n) is 3.67. The van der Waals surface area contributed by atoms with Crippen LogP contribution in [0.5, 0.6) is 0 Å². The molecule has 0 aromatic rings. The van der Waals surface area contributed by atoms with E-state index in [0.29, 0.717) is 19.1 Å². The third-order valence-electron chi connectivity index (χ3n) is 2.64. The minimum Gasteiger partial charge on any atom is -0.335 e. The van der Waals surface area contributed by atoms with Crippen LogP contribution in [0.25, 0.3) is 0 Å². The fraction of sp³-hybridized carbons (Fsp3) is 0.600. The van der Waals surface area contributed by atoms with Crippen molar-refractivity contribution in [1.82, 2.24) is 9.80 Å². The molecule has 1 aliphatic heterocycles. The molecule has 0 aliphatic carbocycles. The summed E-state index contributed by atoms with van der Waals surface area (Å²) >= 11 is 0. The van der Waals surface area contributed by atoms with Crippen LogP contribution < -0.4 is 0 Å². The average molecular weight is 193 g/mol. The summed E-state index contributed by atoms with van der Waals surface area (Å²) in [6.07, 6.45) is 0. The van der Waals surface area contributed by atoms with Crippen molar-refractivity contribution in [1.29, 1.82) is 5.26 Å². The molecule has 1 heterocycles. The highest BCUT2D eigenvalue weighted by Gasteiger charge is 2.25. The highest BCUT2D eigenvalue weighted by atomic mass is 16.2. The molecule has 1 aliphatic rings. The lowest BCUT2D eigenvalue weighted by Gasteiger charge is -2.37. The first-order chi connectivity index (χ1) is 6.56. The average Bonchev–Trinajstić information content (AvgIpc) is 2.20. The maximum absolute atomic E-state index is 11.6. The van der Waals surface area contributed by atoms with Crippen molar-refractivity contribution in [3.63, 3.8) is 0 Å². The van der Waals surface area contributed by atoms with Gasteiger partial charge in [-0.25, -0.2) is 0 Å². The number of carbonyl (C=O) groups is 1. The predicted octanol–water partition coefficient (Wildman–Crippen LogP) is 0.229. The molecule has 76 valence electrons. The van der Waals surface area contributed by atoms with Gasteiger partial charge in [0.05, 0.1) is 0 Å². The molecular formula is C10H15N3O. The SMILES string of the molecule is C=C(C#N)C(=O)N1CCN(C)[C@@H](C)C1. The molecule has 1 fully saturated rings. The van der Waals surface area contributed by atoms with Gasteiger partial charge in [0.2, 0.25) is 0 Å². The predicted molar refractivity (Wildman–Crippen MR) is 53.4 cm³/mol. The number of rotatable bonds is 1. The molecule has 0 saturated carbocycles. The van der Waals surface area contributed by atoms with E-state index < -0.39 is 0 Å². The van der Waals surface area contributed by atoms with Crippen LogP contribution in [-0.4, -0.2) is 48.4 Å². The Hall–Kier alpha value is -1.34. The number of hydrogen-bond donors (Lipinski definition) is 0. The molecule has 4 heteroatoms. The zero-order valence-electron chi connectivity index (χ0n) is 8.66. The normalized spacial score (nSPS) is 22.9. The largest absolute Gasteiger partial charge is 0.335 e. The van der Waals surface area contributed by atoms with Crippen LogP contribution in [0.3, 0.4) is 0 Å². The van der Waals surface area contributed by atoms with E-state index in [1.165, 1.54) is 0 Å². The van der Waals surface area contributed by atoms with Gasteiger partial charge in [-0.05, 0) is 14.0 Å². The van der Waals surface area contributed by atoms with Crippen LogP contribution in [0.15, 0.2) is 12.2 Å². The van der Waals surface area contributed by atoms with Gasteiger partial charge in [0.25, 0.3) is 5.91 Å². The second kappa shape index (κ2) is 4.25. The van der Waals surface area contributed by atoms with Gasteiger partial charge in [-0.2, -0.15) is 5.26 Å². The Bertz CT molecular complexity index is 292. The number of nitriles is 1. The van der Waals surface area contributed by atoms with Crippen molar-refractivity contribution < 1.29 is 4.79 Å². The molecule has 1 amide bonds. The van der Waals surface area contributed by atoms with Crippen molar-refractivity contribution in [2.75, 3.05) is 26.7 Å². The Balaban J connectivity index is 2.60. The topological polar surface area (TPSA) is 47.3 Å². The monoisotopic (exact) mass is 193 g/mol. The minimum atomic E-state index is -0.229. The first kappa shape index (κ1) is 10.7. The molecule has 0 spiro atoms. The van der Waals surface area contributed by atoms with E-state index in [9.17, 15) is 4.79 Å². The zero-order chi connectivity index (χ0) is 10.7. The third kappa shape index (κ3) is 2.12. The van der Waals surface area contributed by atoms with Gasteiger partial charge < -0.3 is 9.80 Å².